The Hall–Kier alpha value is -3.58. The number of hydrogen-bond acceptors (Lipinski definition) is 4. The number of aliphatic imine (C=N–C) groups is 1. The number of pyridine rings is 1. The molecule has 8 heteroatoms. The molecule has 0 aliphatic carbocycles. The summed E-state index contributed by atoms with van der Waals surface area (Å²) < 4.78 is 5.75. The van der Waals surface area contributed by atoms with Crippen LogP contribution in [0.3, 0.4) is 0 Å². The number of allylic oxidation sites excluding steroid dienone is 4. The van der Waals surface area contributed by atoms with Gasteiger partial charge in [0.05, 0.1) is 35.8 Å². The van der Waals surface area contributed by atoms with E-state index in [2.05, 4.69) is 46.7 Å². The number of rotatable bonds is 7. The van der Waals surface area contributed by atoms with Crippen molar-refractivity contribution in [2.45, 2.75) is 39.4 Å². The molecular formula is C25H24ClN6O+. The van der Waals surface area contributed by atoms with E-state index in [1.165, 1.54) is 5.57 Å². The molecule has 0 bridgehead atoms. The smallest absolute Gasteiger partial charge is 0.271 e. The van der Waals surface area contributed by atoms with Crippen molar-refractivity contribution in [3.63, 3.8) is 0 Å². The lowest BCUT2D eigenvalue weighted by molar-refractivity contribution is -0.476. The van der Waals surface area contributed by atoms with Gasteiger partial charge >= 0.3 is 0 Å². The summed E-state index contributed by atoms with van der Waals surface area (Å²) in [6, 6.07) is 3.68. The molecule has 3 aromatic rings. The van der Waals surface area contributed by atoms with Gasteiger partial charge in [0.25, 0.3) is 6.17 Å². The molecule has 7 nitrogen and oxygen atoms in total. The summed E-state index contributed by atoms with van der Waals surface area (Å²) in [6.07, 6.45) is 18.3. The maximum Gasteiger partial charge on any atom is 0.271 e. The van der Waals surface area contributed by atoms with Gasteiger partial charge in [-0.15, -0.1) is 0 Å². The Labute approximate surface area is 196 Å². The summed E-state index contributed by atoms with van der Waals surface area (Å²) in [5, 5.41) is 5.03. The zero-order valence-corrected chi connectivity index (χ0v) is 19.3. The SMILES string of the molecule is CC(C)=CC1=CC2N=C(Cn3cc(C(=O)CCc4ncn5ccc(Cl)cc45)cn3)C=[N+]2C=C1. The molecule has 3 aromatic heterocycles. The topological polar surface area (TPSA) is 67.6 Å². The summed E-state index contributed by atoms with van der Waals surface area (Å²) in [4.78, 5) is 22.0. The molecule has 0 fully saturated rings. The van der Waals surface area contributed by atoms with Crippen LogP contribution in [0, 0.1) is 0 Å². The van der Waals surface area contributed by atoms with Crippen molar-refractivity contribution in [3.05, 3.63) is 88.9 Å². The van der Waals surface area contributed by atoms with Gasteiger partial charge in [-0.05, 0) is 38.0 Å². The minimum absolute atomic E-state index is 0.0227. The Morgan fingerprint density at radius 3 is 3.06 bits per heavy atom. The number of halogens is 1. The molecule has 5 rings (SSSR count). The van der Waals surface area contributed by atoms with Gasteiger partial charge in [-0.25, -0.2) is 9.98 Å². The molecule has 0 saturated heterocycles. The predicted octanol–water partition coefficient (Wildman–Crippen LogP) is 4.28. The van der Waals surface area contributed by atoms with E-state index in [-0.39, 0.29) is 11.9 Å². The number of carbonyl (C=O) groups excluding carboxylic acids is 1. The highest BCUT2D eigenvalue weighted by Crippen LogP contribution is 2.19. The molecule has 0 spiro atoms. The molecule has 0 N–H and O–H groups in total. The third-order valence-electron chi connectivity index (χ3n) is 5.59. The van der Waals surface area contributed by atoms with Crippen LogP contribution in [0.5, 0.6) is 0 Å². The van der Waals surface area contributed by atoms with Crippen LogP contribution in [0.2, 0.25) is 5.02 Å². The molecule has 0 amide bonds. The van der Waals surface area contributed by atoms with Gasteiger partial charge in [-0.3, -0.25) is 9.48 Å². The quantitative estimate of drug-likeness (QED) is 0.391. The number of aromatic nitrogens is 4. The summed E-state index contributed by atoms with van der Waals surface area (Å²) >= 11 is 6.10. The average molecular weight is 460 g/mol. The second kappa shape index (κ2) is 8.75. The van der Waals surface area contributed by atoms with Crippen molar-refractivity contribution in [2.75, 3.05) is 0 Å². The Morgan fingerprint density at radius 1 is 1.33 bits per heavy atom. The number of Topliss-reactive ketones (excluding diaryl/α,β-unsaturated/α-hetero) is 1. The fourth-order valence-corrected chi connectivity index (χ4v) is 4.19. The molecule has 5 heterocycles. The monoisotopic (exact) mass is 459 g/mol. The highest BCUT2D eigenvalue weighted by atomic mass is 35.5. The van der Waals surface area contributed by atoms with Gasteiger partial charge in [0.1, 0.15) is 5.71 Å². The number of nitrogens with zero attached hydrogens (tertiary/aromatic N) is 6. The third kappa shape index (κ3) is 4.64. The van der Waals surface area contributed by atoms with Crippen molar-refractivity contribution < 1.29 is 9.37 Å². The summed E-state index contributed by atoms with van der Waals surface area (Å²) in [5.74, 6) is 0.0384. The number of imidazole rings is 1. The lowest BCUT2D eigenvalue weighted by atomic mass is 10.1. The van der Waals surface area contributed by atoms with Crippen LogP contribution in [-0.4, -0.2) is 47.6 Å². The lowest BCUT2D eigenvalue weighted by Gasteiger charge is -2.06. The highest BCUT2D eigenvalue weighted by Gasteiger charge is 2.27. The van der Waals surface area contributed by atoms with Gasteiger partial charge in [-0.2, -0.15) is 9.67 Å². The van der Waals surface area contributed by atoms with Crippen molar-refractivity contribution in [1.29, 1.82) is 0 Å². The first kappa shape index (κ1) is 21.3. The molecule has 0 saturated carbocycles. The minimum atomic E-state index is -0.0227. The van der Waals surface area contributed by atoms with Gasteiger partial charge < -0.3 is 4.40 Å². The second-order valence-electron chi connectivity index (χ2n) is 8.49. The molecular weight excluding hydrogens is 436 g/mol. The van der Waals surface area contributed by atoms with Crippen LogP contribution in [0.25, 0.3) is 5.52 Å². The maximum absolute atomic E-state index is 12.7. The Morgan fingerprint density at radius 2 is 2.21 bits per heavy atom. The van der Waals surface area contributed by atoms with E-state index in [0.717, 1.165) is 22.5 Å². The van der Waals surface area contributed by atoms with Gasteiger partial charge in [0.2, 0.25) is 0 Å². The van der Waals surface area contributed by atoms with Gasteiger partial charge in [-0.1, -0.05) is 23.3 Å². The van der Waals surface area contributed by atoms with Crippen molar-refractivity contribution >= 4 is 34.8 Å². The van der Waals surface area contributed by atoms with Crippen molar-refractivity contribution in [1.82, 2.24) is 19.2 Å². The van der Waals surface area contributed by atoms with Crippen LogP contribution in [0.15, 0.2) is 77.6 Å². The van der Waals surface area contributed by atoms with Gasteiger partial charge in [0.15, 0.2) is 18.2 Å². The molecule has 166 valence electrons. The lowest BCUT2D eigenvalue weighted by Crippen LogP contribution is -2.17. The van der Waals surface area contributed by atoms with Crippen LogP contribution in [0.4, 0.5) is 0 Å². The molecule has 33 heavy (non-hydrogen) atoms. The molecule has 1 atom stereocenters. The summed E-state index contributed by atoms with van der Waals surface area (Å²) in [7, 11) is 0. The van der Waals surface area contributed by atoms with E-state index in [4.69, 9.17) is 16.6 Å². The minimum Gasteiger partial charge on any atom is -0.306 e. The number of hydrogen-bond donors (Lipinski definition) is 0. The first-order chi connectivity index (χ1) is 15.9. The van der Waals surface area contributed by atoms with Gasteiger partial charge in [0, 0.05) is 36.0 Å². The third-order valence-corrected chi connectivity index (χ3v) is 5.82. The van der Waals surface area contributed by atoms with E-state index < -0.39 is 0 Å². The largest absolute Gasteiger partial charge is 0.306 e. The fourth-order valence-electron chi connectivity index (χ4n) is 4.03. The zero-order chi connectivity index (χ0) is 22.9. The van der Waals surface area contributed by atoms with E-state index in [1.807, 2.05) is 35.1 Å². The fraction of sp³-hybridized carbons (Fsp3) is 0.240. The molecule has 2 aliphatic heterocycles. The Bertz CT molecular complexity index is 1400. The Balaban J connectivity index is 1.22. The summed E-state index contributed by atoms with van der Waals surface area (Å²) in [6.45, 7) is 4.69. The first-order valence-electron chi connectivity index (χ1n) is 10.9. The van der Waals surface area contributed by atoms with Crippen molar-refractivity contribution in [3.8, 4) is 0 Å². The van der Waals surface area contributed by atoms with E-state index >= 15 is 0 Å². The molecule has 0 radical (unpaired) electrons. The molecule has 2 aliphatic rings. The average Bonchev–Trinajstić information content (AvgIpc) is 3.49. The second-order valence-corrected chi connectivity index (χ2v) is 8.93. The van der Waals surface area contributed by atoms with Crippen LogP contribution in [-0.2, 0) is 13.0 Å². The van der Waals surface area contributed by atoms with Crippen molar-refractivity contribution in [2.24, 2.45) is 4.99 Å². The Kier molecular flexibility index (Phi) is 5.64. The standard InChI is InChI=1S/C25H24ClN6O/c1-17(2)9-18-5-7-30-14-21(29-25(30)10-18)15-32-13-19(12-28-32)24(33)4-3-22-23-11-20(26)6-8-31(23)16-27-22/h5-14,16,25H,3-4,15H2,1-2H3/q+1. The first-order valence-corrected chi connectivity index (χ1v) is 11.2. The molecule has 1 unspecified atom stereocenters. The normalized spacial score (nSPS) is 16.9. The number of carbonyl (C=O) groups is 1. The van der Waals surface area contributed by atoms with E-state index in [1.54, 1.807) is 23.4 Å². The number of ketones is 1. The summed E-state index contributed by atoms with van der Waals surface area (Å²) in [5.41, 5.74) is 5.71. The van der Waals surface area contributed by atoms with E-state index in [9.17, 15) is 4.79 Å². The highest BCUT2D eigenvalue weighted by molar-refractivity contribution is 6.31. The van der Waals surface area contributed by atoms with E-state index in [0.29, 0.717) is 30.0 Å². The van der Waals surface area contributed by atoms with Crippen LogP contribution in [0.1, 0.15) is 36.3 Å². The number of aryl methyl sites for hydroxylation is 1. The predicted molar refractivity (Wildman–Crippen MR) is 129 cm³/mol. The van der Waals surface area contributed by atoms with Crippen LogP contribution >= 0.6 is 11.6 Å². The number of fused-ring (bicyclic) bond motifs is 2. The zero-order valence-electron chi connectivity index (χ0n) is 18.5. The molecule has 0 aromatic carbocycles. The van der Waals surface area contributed by atoms with Crippen LogP contribution < -0.4 is 0 Å². The maximum atomic E-state index is 12.7.